The SMILES string of the molecule is O=c1[nH]c2cc(F)c(C(O)CCN3CCC(Cc4ccc(F)cc4)CC3)cc2[nH]1. The second-order valence-electron chi connectivity index (χ2n) is 7.92. The van der Waals surface area contributed by atoms with Gasteiger partial charge in [0.15, 0.2) is 0 Å². The van der Waals surface area contributed by atoms with Crippen LogP contribution in [0.25, 0.3) is 11.0 Å². The molecule has 0 radical (unpaired) electrons. The van der Waals surface area contributed by atoms with Crippen molar-refractivity contribution in [2.45, 2.75) is 31.8 Å². The molecule has 0 saturated carbocycles. The van der Waals surface area contributed by atoms with Gasteiger partial charge in [0.2, 0.25) is 0 Å². The largest absolute Gasteiger partial charge is 0.388 e. The van der Waals surface area contributed by atoms with E-state index in [-0.39, 0.29) is 11.4 Å². The van der Waals surface area contributed by atoms with Crippen LogP contribution in [0.5, 0.6) is 0 Å². The predicted molar refractivity (Wildman–Crippen MR) is 108 cm³/mol. The van der Waals surface area contributed by atoms with Crippen LogP contribution in [-0.4, -0.2) is 39.6 Å². The first-order chi connectivity index (χ1) is 14.0. The quantitative estimate of drug-likeness (QED) is 0.592. The van der Waals surface area contributed by atoms with Crippen molar-refractivity contribution in [3.8, 4) is 0 Å². The van der Waals surface area contributed by atoms with E-state index in [9.17, 15) is 18.7 Å². The molecule has 0 spiro atoms. The lowest BCUT2D eigenvalue weighted by Crippen LogP contribution is -2.35. The normalized spacial score (nSPS) is 17.1. The number of fused-ring (bicyclic) bond motifs is 1. The lowest BCUT2D eigenvalue weighted by molar-refractivity contribution is 0.121. The maximum absolute atomic E-state index is 14.3. The topological polar surface area (TPSA) is 72.1 Å². The molecule has 29 heavy (non-hydrogen) atoms. The van der Waals surface area contributed by atoms with Gasteiger partial charge in [0.25, 0.3) is 0 Å². The molecule has 154 valence electrons. The minimum absolute atomic E-state index is 0.207. The minimum atomic E-state index is -0.922. The number of H-pyrrole nitrogens is 2. The zero-order chi connectivity index (χ0) is 20.4. The van der Waals surface area contributed by atoms with Gasteiger partial charge in [-0.05, 0) is 74.5 Å². The van der Waals surface area contributed by atoms with Crippen LogP contribution >= 0.6 is 0 Å². The molecule has 3 aromatic rings. The molecule has 5 nitrogen and oxygen atoms in total. The number of aromatic nitrogens is 2. The monoisotopic (exact) mass is 401 g/mol. The Kier molecular flexibility index (Phi) is 5.78. The number of benzene rings is 2. The van der Waals surface area contributed by atoms with Crippen LogP contribution in [0, 0.1) is 17.6 Å². The van der Waals surface area contributed by atoms with E-state index < -0.39 is 17.6 Å². The van der Waals surface area contributed by atoms with E-state index in [1.807, 2.05) is 12.1 Å². The summed E-state index contributed by atoms with van der Waals surface area (Å²) in [4.78, 5) is 18.7. The molecule has 7 heteroatoms. The van der Waals surface area contributed by atoms with E-state index in [0.29, 0.717) is 29.9 Å². The summed E-state index contributed by atoms with van der Waals surface area (Å²) >= 11 is 0. The van der Waals surface area contributed by atoms with Crippen molar-refractivity contribution < 1.29 is 13.9 Å². The molecule has 3 N–H and O–H groups in total. The van der Waals surface area contributed by atoms with Gasteiger partial charge in [-0.2, -0.15) is 0 Å². The molecule has 4 rings (SSSR count). The van der Waals surface area contributed by atoms with Crippen molar-refractivity contribution in [2.75, 3.05) is 19.6 Å². The summed E-state index contributed by atoms with van der Waals surface area (Å²) in [5, 5.41) is 10.5. The summed E-state index contributed by atoms with van der Waals surface area (Å²) in [5.41, 5.74) is 1.86. The zero-order valence-electron chi connectivity index (χ0n) is 16.1. The fraction of sp³-hybridized carbons (Fsp3) is 0.409. The first-order valence-corrected chi connectivity index (χ1v) is 10.0. The van der Waals surface area contributed by atoms with Gasteiger partial charge in [-0.15, -0.1) is 0 Å². The maximum atomic E-state index is 14.3. The third kappa shape index (κ3) is 4.74. The molecular formula is C22H25F2N3O2. The average molecular weight is 401 g/mol. The number of aliphatic hydroxyl groups excluding tert-OH is 1. The number of nitrogens with one attached hydrogen (secondary N) is 2. The molecule has 0 aliphatic carbocycles. The lowest BCUT2D eigenvalue weighted by Gasteiger charge is -2.32. The fourth-order valence-corrected chi connectivity index (χ4v) is 4.16. The van der Waals surface area contributed by atoms with Crippen molar-refractivity contribution in [1.82, 2.24) is 14.9 Å². The van der Waals surface area contributed by atoms with Crippen LogP contribution in [0.2, 0.25) is 0 Å². The van der Waals surface area contributed by atoms with Crippen molar-refractivity contribution in [1.29, 1.82) is 0 Å². The molecule has 0 bridgehead atoms. The zero-order valence-corrected chi connectivity index (χ0v) is 16.1. The molecular weight excluding hydrogens is 376 g/mol. The van der Waals surface area contributed by atoms with Crippen LogP contribution < -0.4 is 5.69 Å². The van der Waals surface area contributed by atoms with E-state index in [4.69, 9.17) is 0 Å². The molecule has 1 aliphatic rings. The number of aliphatic hydroxyl groups is 1. The van der Waals surface area contributed by atoms with Crippen molar-refractivity contribution in [3.05, 3.63) is 69.6 Å². The van der Waals surface area contributed by atoms with Gasteiger partial charge in [-0.1, -0.05) is 12.1 Å². The summed E-state index contributed by atoms with van der Waals surface area (Å²) < 4.78 is 27.3. The second-order valence-corrected chi connectivity index (χ2v) is 7.92. The Balaban J connectivity index is 1.28. The van der Waals surface area contributed by atoms with Crippen LogP contribution in [-0.2, 0) is 6.42 Å². The smallest absolute Gasteiger partial charge is 0.323 e. The number of imidazole rings is 1. The van der Waals surface area contributed by atoms with Crippen LogP contribution in [0.1, 0.15) is 36.5 Å². The van der Waals surface area contributed by atoms with Gasteiger partial charge >= 0.3 is 5.69 Å². The number of halogens is 2. The number of hydrogen-bond acceptors (Lipinski definition) is 3. The first kappa shape index (κ1) is 19.8. The molecule has 1 aromatic heterocycles. The number of aromatic amines is 2. The van der Waals surface area contributed by atoms with E-state index in [1.165, 1.54) is 24.3 Å². The number of nitrogens with zero attached hydrogens (tertiary/aromatic N) is 1. The number of rotatable bonds is 6. The maximum Gasteiger partial charge on any atom is 0.323 e. The Labute approximate surface area is 167 Å². The predicted octanol–water partition coefficient (Wildman–Crippen LogP) is 3.51. The number of hydrogen-bond donors (Lipinski definition) is 3. The second kappa shape index (κ2) is 8.47. The average Bonchev–Trinajstić information content (AvgIpc) is 3.07. The molecule has 1 unspecified atom stereocenters. The summed E-state index contributed by atoms with van der Waals surface area (Å²) in [6.07, 6.45) is 2.57. The van der Waals surface area contributed by atoms with E-state index >= 15 is 0 Å². The summed E-state index contributed by atoms with van der Waals surface area (Å²) in [6, 6.07) is 9.45. The first-order valence-electron chi connectivity index (χ1n) is 10.0. The number of piperidine rings is 1. The molecule has 2 heterocycles. The highest BCUT2D eigenvalue weighted by molar-refractivity contribution is 5.75. The summed E-state index contributed by atoms with van der Waals surface area (Å²) in [6.45, 7) is 2.56. The molecule has 1 atom stereocenters. The Morgan fingerprint density at radius 3 is 2.41 bits per heavy atom. The van der Waals surface area contributed by atoms with Crippen LogP contribution in [0.15, 0.2) is 41.2 Å². The Morgan fingerprint density at radius 1 is 1.07 bits per heavy atom. The molecule has 1 aliphatic heterocycles. The lowest BCUT2D eigenvalue weighted by atomic mass is 9.90. The van der Waals surface area contributed by atoms with E-state index in [2.05, 4.69) is 14.9 Å². The van der Waals surface area contributed by atoms with Gasteiger partial charge < -0.3 is 20.0 Å². The van der Waals surface area contributed by atoms with E-state index in [0.717, 1.165) is 37.9 Å². The standard InChI is InChI=1S/C22H25F2N3O2/c23-16-3-1-14(2-4-16)11-15-5-8-27(9-6-15)10-7-21(28)17-12-19-20(13-18(17)24)26-22(29)25-19/h1-4,12-13,15,21,28H,5-11H2,(H2,25,26,29). The van der Waals surface area contributed by atoms with Crippen molar-refractivity contribution in [3.63, 3.8) is 0 Å². The highest BCUT2D eigenvalue weighted by Gasteiger charge is 2.21. The van der Waals surface area contributed by atoms with Crippen molar-refractivity contribution >= 4 is 11.0 Å². The number of likely N-dealkylation sites (tertiary alicyclic amines) is 1. The summed E-state index contributed by atoms with van der Waals surface area (Å²) in [7, 11) is 0. The van der Waals surface area contributed by atoms with Gasteiger partial charge in [0.05, 0.1) is 17.1 Å². The van der Waals surface area contributed by atoms with Crippen molar-refractivity contribution in [2.24, 2.45) is 5.92 Å². The highest BCUT2D eigenvalue weighted by atomic mass is 19.1. The summed E-state index contributed by atoms with van der Waals surface area (Å²) in [5.74, 6) is -0.147. The van der Waals surface area contributed by atoms with Gasteiger partial charge in [-0.3, -0.25) is 0 Å². The molecule has 1 fully saturated rings. The Morgan fingerprint density at radius 2 is 1.72 bits per heavy atom. The third-order valence-corrected chi connectivity index (χ3v) is 5.86. The fourth-order valence-electron chi connectivity index (χ4n) is 4.16. The van der Waals surface area contributed by atoms with Crippen LogP contribution in [0.4, 0.5) is 8.78 Å². The van der Waals surface area contributed by atoms with Gasteiger partial charge in [0, 0.05) is 12.1 Å². The van der Waals surface area contributed by atoms with E-state index in [1.54, 1.807) is 0 Å². The highest BCUT2D eigenvalue weighted by Crippen LogP contribution is 2.26. The molecule has 2 aromatic carbocycles. The molecule has 1 saturated heterocycles. The van der Waals surface area contributed by atoms with Crippen LogP contribution in [0.3, 0.4) is 0 Å². The molecule has 0 amide bonds. The third-order valence-electron chi connectivity index (χ3n) is 5.86. The van der Waals surface area contributed by atoms with Gasteiger partial charge in [0.1, 0.15) is 11.6 Å². The minimum Gasteiger partial charge on any atom is -0.388 e. The van der Waals surface area contributed by atoms with Gasteiger partial charge in [-0.25, -0.2) is 13.6 Å². The Bertz CT molecular complexity index is 1020. The Hall–Kier alpha value is -2.51.